The summed E-state index contributed by atoms with van der Waals surface area (Å²) >= 11 is 0. The van der Waals surface area contributed by atoms with Crippen molar-refractivity contribution in [2.45, 2.75) is 33.1 Å². The van der Waals surface area contributed by atoms with Gasteiger partial charge in [-0.25, -0.2) is 0 Å². The third-order valence-electron chi connectivity index (χ3n) is 2.03. The van der Waals surface area contributed by atoms with E-state index in [1.165, 1.54) is 18.4 Å². The number of allylic oxidation sites excluding steroid dienone is 3. The monoisotopic (exact) mass is 148 g/mol. The van der Waals surface area contributed by atoms with Gasteiger partial charge in [-0.15, -0.1) is 5.73 Å². The summed E-state index contributed by atoms with van der Waals surface area (Å²) in [5.74, 6) is 0.648. The Hall–Kier alpha value is -0.740. The van der Waals surface area contributed by atoms with Crippen molar-refractivity contribution in [3.63, 3.8) is 0 Å². The predicted molar refractivity (Wildman–Crippen MR) is 49.4 cm³/mol. The van der Waals surface area contributed by atoms with Gasteiger partial charge in [0.1, 0.15) is 0 Å². The second-order valence-electron chi connectivity index (χ2n) is 3.00. The Morgan fingerprint density at radius 3 is 2.73 bits per heavy atom. The van der Waals surface area contributed by atoms with E-state index in [1.807, 2.05) is 0 Å². The van der Waals surface area contributed by atoms with E-state index in [4.69, 9.17) is 0 Å². The summed E-state index contributed by atoms with van der Waals surface area (Å²) in [6, 6.07) is 0. The zero-order chi connectivity index (χ0) is 8.10. The molecule has 0 heteroatoms. The molecular weight excluding hydrogens is 132 g/mol. The van der Waals surface area contributed by atoms with Crippen LogP contribution in [0.2, 0.25) is 0 Å². The summed E-state index contributed by atoms with van der Waals surface area (Å²) in [6.07, 6.45) is 10.3. The fourth-order valence-corrected chi connectivity index (χ4v) is 1.29. The largest absolute Gasteiger partial charge is 0.121 e. The third kappa shape index (κ3) is 2.40. The molecule has 0 radical (unpaired) electrons. The van der Waals surface area contributed by atoms with Crippen LogP contribution in [0, 0.1) is 5.92 Å². The van der Waals surface area contributed by atoms with Crippen LogP contribution in [0.4, 0.5) is 0 Å². The van der Waals surface area contributed by atoms with Crippen molar-refractivity contribution in [3.05, 3.63) is 29.5 Å². The summed E-state index contributed by atoms with van der Waals surface area (Å²) in [6.45, 7) is 4.39. The molecule has 1 aliphatic carbocycles. The maximum Gasteiger partial charge on any atom is 0.00259 e. The lowest BCUT2D eigenvalue weighted by molar-refractivity contribution is 0.687. The highest BCUT2D eigenvalue weighted by molar-refractivity contribution is 5.24. The quantitative estimate of drug-likeness (QED) is 0.538. The van der Waals surface area contributed by atoms with Crippen LogP contribution in [0.1, 0.15) is 33.1 Å². The van der Waals surface area contributed by atoms with Crippen LogP contribution in [-0.4, -0.2) is 0 Å². The molecule has 0 aromatic heterocycles. The highest BCUT2D eigenvalue weighted by Crippen LogP contribution is 2.16. The highest BCUT2D eigenvalue weighted by Gasteiger charge is 2.01. The molecule has 0 bridgehead atoms. The zero-order valence-corrected chi connectivity index (χ0v) is 7.43. The first-order chi connectivity index (χ1) is 5.36. The van der Waals surface area contributed by atoms with E-state index in [0.29, 0.717) is 5.92 Å². The second kappa shape index (κ2) is 4.20. The molecule has 0 spiro atoms. The van der Waals surface area contributed by atoms with Crippen molar-refractivity contribution in [3.8, 4) is 0 Å². The Morgan fingerprint density at radius 1 is 1.45 bits per heavy atom. The van der Waals surface area contributed by atoms with Gasteiger partial charge >= 0.3 is 0 Å². The highest BCUT2D eigenvalue weighted by atomic mass is 14.1. The molecule has 60 valence electrons. The standard InChI is InChI=1S/C11H16/c1-3-5-11-8-6-10(4-2)7-9-11/h6,8-9,11H,3-5H2,1-2H3. The van der Waals surface area contributed by atoms with Crippen molar-refractivity contribution >= 4 is 0 Å². The molecule has 0 aliphatic heterocycles. The minimum absolute atomic E-state index is 0.648. The molecular formula is C11H16. The van der Waals surface area contributed by atoms with Gasteiger partial charge in [0, 0.05) is 5.92 Å². The fourth-order valence-electron chi connectivity index (χ4n) is 1.29. The Bertz CT molecular complexity index is 202. The van der Waals surface area contributed by atoms with E-state index < -0.39 is 0 Å². The molecule has 0 aromatic carbocycles. The van der Waals surface area contributed by atoms with E-state index in [0.717, 1.165) is 6.42 Å². The Balaban J connectivity index is 2.56. The van der Waals surface area contributed by atoms with Gasteiger partial charge in [0.2, 0.25) is 0 Å². The Kier molecular flexibility index (Phi) is 3.19. The van der Waals surface area contributed by atoms with Crippen LogP contribution in [0.5, 0.6) is 0 Å². The lowest BCUT2D eigenvalue weighted by Crippen LogP contribution is -1.93. The van der Waals surface area contributed by atoms with Gasteiger partial charge in [0.15, 0.2) is 0 Å². The van der Waals surface area contributed by atoms with Crippen LogP contribution in [-0.2, 0) is 0 Å². The van der Waals surface area contributed by atoms with Gasteiger partial charge < -0.3 is 0 Å². The zero-order valence-electron chi connectivity index (χ0n) is 7.43. The smallest absolute Gasteiger partial charge is 0.00259 e. The molecule has 0 saturated heterocycles. The van der Waals surface area contributed by atoms with E-state index in [2.05, 4.69) is 37.8 Å². The van der Waals surface area contributed by atoms with Gasteiger partial charge in [-0.05, 0) is 24.5 Å². The summed E-state index contributed by atoms with van der Waals surface area (Å²) in [4.78, 5) is 0. The van der Waals surface area contributed by atoms with E-state index in [-0.39, 0.29) is 0 Å². The lowest BCUT2D eigenvalue weighted by atomic mass is 9.98. The molecule has 1 aliphatic rings. The maximum atomic E-state index is 3.31. The Labute approximate surface area is 69.3 Å². The predicted octanol–water partition coefficient (Wildman–Crippen LogP) is 3.46. The number of hydrogen-bond donors (Lipinski definition) is 0. The molecule has 0 nitrogen and oxygen atoms in total. The molecule has 0 fully saturated rings. The van der Waals surface area contributed by atoms with Crippen molar-refractivity contribution in [1.29, 1.82) is 0 Å². The summed E-state index contributed by atoms with van der Waals surface area (Å²) < 4.78 is 0. The molecule has 1 rings (SSSR count). The minimum Gasteiger partial charge on any atom is -0.121 e. The van der Waals surface area contributed by atoms with Crippen molar-refractivity contribution in [1.82, 2.24) is 0 Å². The van der Waals surface area contributed by atoms with Gasteiger partial charge in [0.05, 0.1) is 0 Å². The maximum absolute atomic E-state index is 3.31. The SMILES string of the molecule is CCCC1C=C=C(CC)C=C1. The number of rotatable bonds is 3. The topological polar surface area (TPSA) is 0 Å². The van der Waals surface area contributed by atoms with Crippen LogP contribution < -0.4 is 0 Å². The van der Waals surface area contributed by atoms with Gasteiger partial charge in [0.25, 0.3) is 0 Å². The first-order valence-electron chi connectivity index (χ1n) is 4.50. The van der Waals surface area contributed by atoms with Crippen molar-refractivity contribution in [2.24, 2.45) is 5.92 Å². The molecule has 0 N–H and O–H groups in total. The lowest BCUT2D eigenvalue weighted by Gasteiger charge is -2.07. The summed E-state index contributed by atoms with van der Waals surface area (Å²) in [5, 5.41) is 0. The molecule has 0 amide bonds. The summed E-state index contributed by atoms with van der Waals surface area (Å²) in [5.41, 5.74) is 4.64. The van der Waals surface area contributed by atoms with Gasteiger partial charge in [-0.3, -0.25) is 0 Å². The number of hydrogen-bond acceptors (Lipinski definition) is 0. The average molecular weight is 148 g/mol. The average Bonchev–Trinajstić information content (AvgIpc) is 2.07. The second-order valence-corrected chi connectivity index (χ2v) is 3.00. The van der Waals surface area contributed by atoms with E-state index in [9.17, 15) is 0 Å². The van der Waals surface area contributed by atoms with Crippen LogP contribution >= 0.6 is 0 Å². The molecule has 1 unspecified atom stereocenters. The normalized spacial score (nSPS) is 22.0. The molecule has 0 heterocycles. The van der Waals surface area contributed by atoms with Crippen LogP contribution in [0.3, 0.4) is 0 Å². The third-order valence-corrected chi connectivity index (χ3v) is 2.03. The first-order valence-corrected chi connectivity index (χ1v) is 4.50. The van der Waals surface area contributed by atoms with Crippen molar-refractivity contribution < 1.29 is 0 Å². The first kappa shape index (κ1) is 8.36. The Morgan fingerprint density at radius 2 is 2.27 bits per heavy atom. The van der Waals surface area contributed by atoms with Crippen LogP contribution in [0.25, 0.3) is 0 Å². The van der Waals surface area contributed by atoms with Gasteiger partial charge in [-0.2, -0.15) is 0 Å². The molecule has 0 aromatic rings. The molecule has 1 atom stereocenters. The minimum atomic E-state index is 0.648. The van der Waals surface area contributed by atoms with E-state index >= 15 is 0 Å². The summed E-state index contributed by atoms with van der Waals surface area (Å²) in [7, 11) is 0. The van der Waals surface area contributed by atoms with Gasteiger partial charge in [-0.1, -0.05) is 32.4 Å². The fraction of sp³-hybridized carbons (Fsp3) is 0.545. The van der Waals surface area contributed by atoms with Crippen LogP contribution in [0.15, 0.2) is 29.5 Å². The molecule has 0 saturated carbocycles. The molecule has 11 heavy (non-hydrogen) atoms. The van der Waals surface area contributed by atoms with E-state index in [1.54, 1.807) is 0 Å². The van der Waals surface area contributed by atoms with Crippen molar-refractivity contribution in [2.75, 3.05) is 0 Å².